The molecule has 0 N–H and O–H groups in total. The lowest BCUT2D eigenvalue weighted by molar-refractivity contribution is 0.190. The zero-order valence-corrected chi connectivity index (χ0v) is 12.3. The van der Waals surface area contributed by atoms with Gasteiger partial charge in [-0.3, -0.25) is 0 Å². The van der Waals surface area contributed by atoms with Crippen molar-refractivity contribution in [3.63, 3.8) is 0 Å². The SMILES string of the molecule is COCCN(CCOC)c1ncc(Cl)cc1Br. The molecule has 96 valence electrons. The van der Waals surface area contributed by atoms with Crippen molar-refractivity contribution >= 4 is 33.3 Å². The monoisotopic (exact) mass is 322 g/mol. The largest absolute Gasteiger partial charge is 0.383 e. The van der Waals surface area contributed by atoms with E-state index in [-0.39, 0.29) is 0 Å². The van der Waals surface area contributed by atoms with Crippen LogP contribution in [0.5, 0.6) is 0 Å². The zero-order chi connectivity index (χ0) is 12.7. The average molecular weight is 324 g/mol. The van der Waals surface area contributed by atoms with Crippen molar-refractivity contribution in [1.82, 2.24) is 4.98 Å². The Labute approximate surface area is 115 Å². The maximum absolute atomic E-state index is 5.87. The molecule has 1 rings (SSSR count). The van der Waals surface area contributed by atoms with E-state index >= 15 is 0 Å². The quantitative estimate of drug-likeness (QED) is 0.772. The molecule has 0 unspecified atom stereocenters. The number of aromatic nitrogens is 1. The maximum Gasteiger partial charge on any atom is 0.143 e. The highest BCUT2D eigenvalue weighted by Crippen LogP contribution is 2.26. The van der Waals surface area contributed by atoms with E-state index in [1.165, 1.54) is 0 Å². The first-order valence-electron chi connectivity index (χ1n) is 5.23. The lowest BCUT2D eigenvalue weighted by Crippen LogP contribution is -2.31. The Morgan fingerprint density at radius 3 is 2.35 bits per heavy atom. The third-order valence-corrected chi connectivity index (χ3v) is 3.01. The first kappa shape index (κ1) is 14.7. The van der Waals surface area contributed by atoms with Gasteiger partial charge in [-0.1, -0.05) is 11.6 Å². The summed E-state index contributed by atoms with van der Waals surface area (Å²) >= 11 is 9.33. The number of ether oxygens (including phenoxy) is 2. The van der Waals surface area contributed by atoms with Crippen LogP contribution >= 0.6 is 27.5 Å². The van der Waals surface area contributed by atoms with E-state index in [1.807, 2.05) is 6.07 Å². The molecule has 0 bridgehead atoms. The maximum atomic E-state index is 5.87. The Morgan fingerprint density at radius 2 is 1.88 bits per heavy atom. The van der Waals surface area contributed by atoms with E-state index in [0.717, 1.165) is 23.4 Å². The minimum Gasteiger partial charge on any atom is -0.383 e. The third-order valence-electron chi connectivity index (χ3n) is 2.22. The van der Waals surface area contributed by atoms with Crippen LogP contribution < -0.4 is 4.90 Å². The highest BCUT2D eigenvalue weighted by atomic mass is 79.9. The van der Waals surface area contributed by atoms with Crippen LogP contribution in [0.3, 0.4) is 0 Å². The smallest absolute Gasteiger partial charge is 0.143 e. The summed E-state index contributed by atoms with van der Waals surface area (Å²) in [6.45, 7) is 2.79. The summed E-state index contributed by atoms with van der Waals surface area (Å²) in [6.07, 6.45) is 1.63. The first-order valence-corrected chi connectivity index (χ1v) is 6.40. The van der Waals surface area contributed by atoms with Crippen molar-refractivity contribution in [1.29, 1.82) is 0 Å². The molecular weight excluding hydrogens is 307 g/mol. The number of anilines is 1. The number of rotatable bonds is 7. The van der Waals surface area contributed by atoms with E-state index in [0.29, 0.717) is 18.2 Å². The molecule has 0 amide bonds. The summed E-state index contributed by atoms with van der Waals surface area (Å²) in [6, 6.07) is 1.83. The van der Waals surface area contributed by atoms with Crippen LogP contribution in [0, 0.1) is 0 Å². The summed E-state index contributed by atoms with van der Waals surface area (Å²) in [4.78, 5) is 6.41. The van der Waals surface area contributed by atoms with Gasteiger partial charge >= 0.3 is 0 Å². The summed E-state index contributed by atoms with van der Waals surface area (Å²) in [5.41, 5.74) is 0. The predicted octanol–water partition coefficient (Wildman–Crippen LogP) is 2.60. The fourth-order valence-electron chi connectivity index (χ4n) is 1.37. The second-order valence-corrected chi connectivity index (χ2v) is 4.72. The Hall–Kier alpha value is -0.360. The molecule has 1 aromatic heterocycles. The molecular formula is C11H16BrClN2O2. The van der Waals surface area contributed by atoms with Gasteiger partial charge in [0, 0.05) is 33.5 Å². The van der Waals surface area contributed by atoms with Crippen LogP contribution in [-0.4, -0.2) is 45.5 Å². The van der Waals surface area contributed by atoms with Crippen molar-refractivity contribution in [3.05, 3.63) is 21.8 Å². The molecule has 1 aromatic rings. The van der Waals surface area contributed by atoms with Gasteiger partial charge in [-0.05, 0) is 22.0 Å². The fraction of sp³-hybridized carbons (Fsp3) is 0.545. The normalized spacial score (nSPS) is 10.6. The van der Waals surface area contributed by atoms with Crippen molar-refractivity contribution < 1.29 is 9.47 Å². The fourth-order valence-corrected chi connectivity index (χ4v) is 2.26. The van der Waals surface area contributed by atoms with Gasteiger partial charge in [0.1, 0.15) is 5.82 Å². The average Bonchev–Trinajstić information content (AvgIpc) is 2.30. The first-order chi connectivity index (χ1) is 8.19. The molecule has 6 heteroatoms. The van der Waals surface area contributed by atoms with Crippen LogP contribution in [0.4, 0.5) is 5.82 Å². The van der Waals surface area contributed by atoms with Crippen LogP contribution in [0.1, 0.15) is 0 Å². The molecule has 0 saturated carbocycles. The van der Waals surface area contributed by atoms with Crippen molar-refractivity contribution in [2.24, 2.45) is 0 Å². The molecule has 17 heavy (non-hydrogen) atoms. The number of hydrogen-bond acceptors (Lipinski definition) is 4. The molecule has 0 fully saturated rings. The van der Waals surface area contributed by atoms with Crippen molar-refractivity contribution in [2.45, 2.75) is 0 Å². The highest BCUT2D eigenvalue weighted by Gasteiger charge is 2.11. The van der Waals surface area contributed by atoms with Crippen LogP contribution in [0.25, 0.3) is 0 Å². The standard InChI is InChI=1S/C11H16BrClN2O2/c1-16-5-3-15(4-6-17-2)11-10(12)7-9(13)8-14-11/h7-8H,3-6H2,1-2H3. The molecule has 0 spiro atoms. The molecule has 0 aromatic carbocycles. The van der Waals surface area contributed by atoms with E-state index in [9.17, 15) is 0 Å². The predicted molar refractivity (Wildman–Crippen MR) is 72.9 cm³/mol. The van der Waals surface area contributed by atoms with Gasteiger partial charge in [0.25, 0.3) is 0 Å². The number of halogens is 2. The van der Waals surface area contributed by atoms with Gasteiger partial charge in [-0.2, -0.15) is 0 Å². The number of nitrogens with zero attached hydrogens (tertiary/aromatic N) is 2. The van der Waals surface area contributed by atoms with E-state index in [2.05, 4.69) is 25.8 Å². The second-order valence-electron chi connectivity index (χ2n) is 3.43. The summed E-state index contributed by atoms with van der Waals surface area (Å²) in [5, 5.41) is 0.610. The van der Waals surface area contributed by atoms with Gasteiger partial charge in [-0.25, -0.2) is 4.98 Å². The topological polar surface area (TPSA) is 34.6 Å². The summed E-state index contributed by atoms with van der Waals surface area (Å²) < 4.78 is 11.0. The summed E-state index contributed by atoms with van der Waals surface area (Å²) in [7, 11) is 3.36. The minimum atomic E-state index is 0.610. The molecule has 0 aliphatic carbocycles. The van der Waals surface area contributed by atoms with E-state index in [1.54, 1.807) is 20.4 Å². The van der Waals surface area contributed by atoms with Gasteiger partial charge in [0.05, 0.1) is 22.7 Å². The van der Waals surface area contributed by atoms with E-state index in [4.69, 9.17) is 21.1 Å². The van der Waals surface area contributed by atoms with Crippen LogP contribution in [0.2, 0.25) is 5.02 Å². The molecule has 0 atom stereocenters. The molecule has 0 radical (unpaired) electrons. The lowest BCUT2D eigenvalue weighted by Gasteiger charge is -2.24. The molecule has 0 aliphatic rings. The Morgan fingerprint density at radius 1 is 1.29 bits per heavy atom. The zero-order valence-electron chi connectivity index (χ0n) is 9.95. The second kappa shape index (κ2) is 7.87. The number of pyridine rings is 1. The van der Waals surface area contributed by atoms with Gasteiger partial charge < -0.3 is 14.4 Å². The molecule has 0 saturated heterocycles. The Balaban J connectivity index is 2.79. The summed E-state index contributed by atoms with van der Waals surface area (Å²) in [5.74, 6) is 0.850. The van der Waals surface area contributed by atoms with E-state index < -0.39 is 0 Å². The Bertz CT molecular complexity index is 344. The lowest BCUT2D eigenvalue weighted by atomic mass is 10.4. The van der Waals surface area contributed by atoms with Gasteiger partial charge in [-0.15, -0.1) is 0 Å². The Kier molecular flexibility index (Phi) is 6.80. The number of methoxy groups -OCH3 is 2. The van der Waals surface area contributed by atoms with Crippen LogP contribution in [-0.2, 0) is 9.47 Å². The van der Waals surface area contributed by atoms with Crippen molar-refractivity contribution in [3.8, 4) is 0 Å². The third kappa shape index (κ3) is 4.79. The van der Waals surface area contributed by atoms with Crippen molar-refractivity contribution in [2.75, 3.05) is 45.4 Å². The molecule has 4 nitrogen and oxygen atoms in total. The molecule has 0 aliphatic heterocycles. The van der Waals surface area contributed by atoms with Gasteiger partial charge in [0.15, 0.2) is 0 Å². The minimum absolute atomic E-state index is 0.610. The van der Waals surface area contributed by atoms with Gasteiger partial charge in [0.2, 0.25) is 0 Å². The highest BCUT2D eigenvalue weighted by molar-refractivity contribution is 9.10. The molecule has 1 heterocycles. The van der Waals surface area contributed by atoms with Crippen LogP contribution in [0.15, 0.2) is 16.7 Å². The number of hydrogen-bond donors (Lipinski definition) is 0.